The molecular weight excluding hydrogens is 191 g/mol. The van der Waals surface area contributed by atoms with Crippen LogP contribution in [0.2, 0.25) is 0 Å². The largest absolute Gasteiger partial charge is 1.00 e. The second-order valence-corrected chi connectivity index (χ2v) is 4.40. The van der Waals surface area contributed by atoms with Gasteiger partial charge in [-0.1, -0.05) is 0 Å². The van der Waals surface area contributed by atoms with Crippen molar-refractivity contribution in [2.75, 3.05) is 0 Å². The molecule has 0 aromatic heterocycles. The molecule has 12 heavy (non-hydrogen) atoms. The number of carbonyl (C=O) groups excluding carboxylic acids is 1. The summed E-state index contributed by atoms with van der Waals surface area (Å²) in [7, 11) is -4.23. The molecule has 1 fully saturated rings. The predicted molar refractivity (Wildman–Crippen MR) is 37.0 cm³/mol. The SMILES string of the molecule is O=C1CCCC(S(=O)(=O)[O-])C1.[Na+]. The van der Waals surface area contributed by atoms with E-state index in [2.05, 4.69) is 0 Å². The van der Waals surface area contributed by atoms with E-state index in [0.29, 0.717) is 19.3 Å². The second-order valence-electron chi connectivity index (χ2n) is 2.75. The van der Waals surface area contributed by atoms with Gasteiger partial charge in [0.05, 0.1) is 15.4 Å². The molecule has 0 aromatic carbocycles. The van der Waals surface area contributed by atoms with Gasteiger partial charge < -0.3 is 4.55 Å². The first-order valence-corrected chi connectivity index (χ1v) is 4.93. The quantitative estimate of drug-likeness (QED) is 0.335. The maximum atomic E-state index is 10.7. The van der Waals surface area contributed by atoms with E-state index in [1.54, 1.807) is 0 Å². The summed E-state index contributed by atoms with van der Waals surface area (Å²) in [6.45, 7) is 0. The van der Waals surface area contributed by atoms with E-state index < -0.39 is 15.4 Å². The molecule has 0 saturated heterocycles. The Morgan fingerprint density at radius 2 is 2.00 bits per heavy atom. The summed E-state index contributed by atoms with van der Waals surface area (Å²) >= 11 is 0. The molecule has 1 atom stereocenters. The van der Waals surface area contributed by atoms with Gasteiger partial charge in [-0.3, -0.25) is 4.79 Å². The molecule has 6 heteroatoms. The minimum atomic E-state index is -4.23. The van der Waals surface area contributed by atoms with Crippen molar-refractivity contribution in [3.05, 3.63) is 0 Å². The fraction of sp³-hybridized carbons (Fsp3) is 0.833. The van der Waals surface area contributed by atoms with Crippen LogP contribution in [0.5, 0.6) is 0 Å². The molecule has 4 nitrogen and oxygen atoms in total. The Morgan fingerprint density at radius 1 is 1.42 bits per heavy atom. The normalized spacial score (nSPS) is 24.8. The van der Waals surface area contributed by atoms with Gasteiger partial charge in [0, 0.05) is 12.8 Å². The average molecular weight is 200 g/mol. The van der Waals surface area contributed by atoms with Crippen molar-refractivity contribution in [3.8, 4) is 0 Å². The number of ketones is 1. The van der Waals surface area contributed by atoms with E-state index >= 15 is 0 Å². The number of carbonyl (C=O) groups is 1. The molecule has 0 amide bonds. The van der Waals surface area contributed by atoms with Gasteiger partial charge in [-0.25, -0.2) is 8.42 Å². The van der Waals surface area contributed by atoms with Gasteiger partial charge in [-0.2, -0.15) is 0 Å². The van der Waals surface area contributed by atoms with E-state index in [-0.39, 0.29) is 41.8 Å². The molecule has 1 aliphatic carbocycles. The third-order valence-corrected chi connectivity index (χ3v) is 3.06. The third-order valence-electron chi connectivity index (χ3n) is 1.85. The first-order valence-electron chi connectivity index (χ1n) is 3.46. The molecule has 1 saturated carbocycles. The first-order chi connectivity index (χ1) is 5.00. The van der Waals surface area contributed by atoms with Crippen LogP contribution in [0.3, 0.4) is 0 Å². The number of hydrogen-bond donors (Lipinski definition) is 0. The van der Waals surface area contributed by atoms with Gasteiger partial charge in [0.25, 0.3) is 0 Å². The van der Waals surface area contributed by atoms with Crippen LogP contribution in [-0.4, -0.2) is 24.0 Å². The first kappa shape index (κ1) is 12.6. The summed E-state index contributed by atoms with van der Waals surface area (Å²) in [5.74, 6) is -0.110. The zero-order valence-electron chi connectivity index (χ0n) is 6.95. The van der Waals surface area contributed by atoms with Crippen LogP contribution >= 0.6 is 0 Å². The molecule has 0 heterocycles. The zero-order valence-corrected chi connectivity index (χ0v) is 9.76. The molecule has 1 unspecified atom stereocenters. The maximum absolute atomic E-state index is 10.7. The summed E-state index contributed by atoms with van der Waals surface area (Å²) in [5, 5.41) is -0.955. The Morgan fingerprint density at radius 3 is 2.33 bits per heavy atom. The van der Waals surface area contributed by atoms with Gasteiger partial charge in [-0.05, 0) is 12.8 Å². The molecule has 0 bridgehead atoms. The molecule has 1 aliphatic rings. The Labute approximate surface area is 93.8 Å². The minimum Gasteiger partial charge on any atom is -0.748 e. The summed E-state index contributed by atoms with van der Waals surface area (Å²) in [4.78, 5) is 10.7. The number of rotatable bonds is 1. The molecule has 64 valence electrons. The zero-order chi connectivity index (χ0) is 8.48. The molecule has 0 aliphatic heterocycles. The van der Waals surface area contributed by atoms with Crippen LogP contribution in [0, 0.1) is 0 Å². The Hall–Kier alpha value is 0.580. The van der Waals surface area contributed by atoms with Crippen LogP contribution < -0.4 is 29.6 Å². The molecule has 0 N–H and O–H groups in total. The van der Waals surface area contributed by atoms with E-state index in [1.165, 1.54) is 0 Å². The van der Waals surface area contributed by atoms with Gasteiger partial charge in [0.15, 0.2) is 0 Å². The van der Waals surface area contributed by atoms with Crippen molar-refractivity contribution < 1.29 is 47.3 Å². The van der Waals surface area contributed by atoms with Gasteiger partial charge >= 0.3 is 29.6 Å². The summed E-state index contributed by atoms with van der Waals surface area (Å²) in [5.41, 5.74) is 0. The summed E-state index contributed by atoms with van der Waals surface area (Å²) in [6.07, 6.45) is 1.22. The average Bonchev–Trinajstić information content (AvgIpc) is 1.86. The van der Waals surface area contributed by atoms with E-state index in [4.69, 9.17) is 0 Å². The fourth-order valence-electron chi connectivity index (χ4n) is 1.23. The number of hydrogen-bond acceptors (Lipinski definition) is 4. The van der Waals surface area contributed by atoms with Gasteiger partial charge in [-0.15, -0.1) is 0 Å². The molecule has 0 spiro atoms. The van der Waals surface area contributed by atoms with Crippen LogP contribution in [0.15, 0.2) is 0 Å². The van der Waals surface area contributed by atoms with Crippen molar-refractivity contribution in [2.24, 2.45) is 0 Å². The smallest absolute Gasteiger partial charge is 0.748 e. The summed E-state index contributed by atoms with van der Waals surface area (Å²) in [6, 6.07) is 0. The maximum Gasteiger partial charge on any atom is 1.00 e. The fourth-order valence-corrected chi connectivity index (χ4v) is 2.08. The Balaban J connectivity index is 0.00000121. The topological polar surface area (TPSA) is 74.3 Å². The Kier molecular flexibility index (Phi) is 4.94. The van der Waals surface area contributed by atoms with Crippen molar-refractivity contribution in [2.45, 2.75) is 30.9 Å². The van der Waals surface area contributed by atoms with Crippen molar-refractivity contribution in [3.63, 3.8) is 0 Å². The minimum absolute atomic E-state index is 0. The third kappa shape index (κ3) is 3.53. The van der Waals surface area contributed by atoms with E-state index in [0.717, 1.165) is 0 Å². The second kappa shape index (κ2) is 4.72. The van der Waals surface area contributed by atoms with E-state index in [9.17, 15) is 17.8 Å². The van der Waals surface area contributed by atoms with Gasteiger partial charge in [0.2, 0.25) is 0 Å². The van der Waals surface area contributed by atoms with E-state index in [1.807, 2.05) is 0 Å². The summed E-state index contributed by atoms with van der Waals surface area (Å²) < 4.78 is 31.3. The standard InChI is InChI=1S/C6H10O4S.Na/c7-5-2-1-3-6(4-5)11(8,9)10;/h6H,1-4H2,(H,8,9,10);/q;+1/p-1. The van der Waals surface area contributed by atoms with Gasteiger partial charge in [0.1, 0.15) is 5.78 Å². The number of Topliss-reactive ketones (excluding diaryl/α,β-unsaturated/α-hetero) is 1. The van der Waals surface area contributed by atoms with Crippen LogP contribution in [0.1, 0.15) is 25.7 Å². The molecular formula is C6H9NaO4S. The Bertz CT molecular complexity index is 259. The van der Waals surface area contributed by atoms with Crippen molar-refractivity contribution in [1.82, 2.24) is 0 Å². The predicted octanol–water partition coefficient (Wildman–Crippen LogP) is -2.95. The molecule has 0 radical (unpaired) electrons. The van der Waals surface area contributed by atoms with Crippen LogP contribution in [-0.2, 0) is 14.9 Å². The van der Waals surface area contributed by atoms with Crippen LogP contribution in [0.25, 0.3) is 0 Å². The van der Waals surface area contributed by atoms with Crippen molar-refractivity contribution >= 4 is 15.9 Å². The molecule has 1 rings (SSSR count). The van der Waals surface area contributed by atoms with Crippen LogP contribution in [0.4, 0.5) is 0 Å². The monoisotopic (exact) mass is 200 g/mol. The van der Waals surface area contributed by atoms with Crippen molar-refractivity contribution in [1.29, 1.82) is 0 Å². The molecule has 0 aromatic rings.